The SMILES string of the molecule is CCCCCc1ccc(C(=O)N(CCCCC)CC(=O)Nc2ccon2)cc1. The van der Waals surface area contributed by atoms with Crippen LogP contribution in [0.2, 0.25) is 0 Å². The van der Waals surface area contributed by atoms with Gasteiger partial charge in [-0.1, -0.05) is 56.8 Å². The van der Waals surface area contributed by atoms with Gasteiger partial charge in [0.05, 0.1) is 0 Å². The molecule has 2 aromatic rings. The minimum absolute atomic E-state index is 0.00629. The highest BCUT2D eigenvalue weighted by molar-refractivity contribution is 5.99. The molecule has 0 atom stereocenters. The first-order valence-electron chi connectivity index (χ1n) is 10.2. The highest BCUT2D eigenvalue weighted by Gasteiger charge is 2.19. The second kappa shape index (κ2) is 12.0. The zero-order valence-electron chi connectivity index (χ0n) is 16.9. The maximum Gasteiger partial charge on any atom is 0.254 e. The van der Waals surface area contributed by atoms with Crippen molar-refractivity contribution in [3.8, 4) is 0 Å². The Balaban J connectivity index is 1.99. The molecule has 0 saturated carbocycles. The largest absolute Gasteiger partial charge is 0.363 e. The summed E-state index contributed by atoms with van der Waals surface area (Å²) in [5, 5.41) is 6.32. The monoisotopic (exact) mass is 385 g/mol. The number of amides is 2. The van der Waals surface area contributed by atoms with Gasteiger partial charge in [0.2, 0.25) is 5.91 Å². The van der Waals surface area contributed by atoms with Crippen molar-refractivity contribution >= 4 is 17.6 Å². The maximum absolute atomic E-state index is 13.0. The van der Waals surface area contributed by atoms with Crippen LogP contribution in [-0.2, 0) is 11.2 Å². The molecule has 1 N–H and O–H groups in total. The van der Waals surface area contributed by atoms with Crippen molar-refractivity contribution in [2.24, 2.45) is 0 Å². The van der Waals surface area contributed by atoms with Crippen molar-refractivity contribution in [3.63, 3.8) is 0 Å². The smallest absolute Gasteiger partial charge is 0.254 e. The lowest BCUT2D eigenvalue weighted by atomic mass is 10.0. The third-order valence-corrected chi connectivity index (χ3v) is 4.63. The van der Waals surface area contributed by atoms with E-state index in [1.807, 2.05) is 24.3 Å². The zero-order chi connectivity index (χ0) is 20.2. The van der Waals surface area contributed by atoms with Gasteiger partial charge in [0.1, 0.15) is 12.8 Å². The van der Waals surface area contributed by atoms with Gasteiger partial charge in [-0.15, -0.1) is 0 Å². The summed E-state index contributed by atoms with van der Waals surface area (Å²) in [6.45, 7) is 4.85. The Morgan fingerprint density at radius 1 is 1.00 bits per heavy atom. The molecule has 0 aliphatic carbocycles. The number of aryl methyl sites for hydroxylation is 1. The molecule has 0 radical (unpaired) electrons. The van der Waals surface area contributed by atoms with Crippen LogP contribution in [0, 0.1) is 0 Å². The Labute approximate surface area is 167 Å². The summed E-state index contributed by atoms with van der Waals surface area (Å²) < 4.78 is 4.72. The van der Waals surface area contributed by atoms with Gasteiger partial charge in [-0.05, 0) is 37.0 Å². The molecule has 28 heavy (non-hydrogen) atoms. The van der Waals surface area contributed by atoms with E-state index in [-0.39, 0.29) is 18.4 Å². The Hall–Kier alpha value is -2.63. The second-order valence-corrected chi connectivity index (χ2v) is 7.02. The van der Waals surface area contributed by atoms with Gasteiger partial charge in [-0.25, -0.2) is 0 Å². The molecular weight excluding hydrogens is 354 g/mol. The molecule has 6 nitrogen and oxygen atoms in total. The number of nitrogens with zero attached hydrogens (tertiary/aromatic N) is 2. The van der Waals surface area contributed by atoms with Gasteiger partial charge in [-0.2, -0.15) is 0 Å². The van der Waals surface area contributed by atoms with Gasteiger partial charge in [0, 0.05) is 18.2 Å². The Kier molecular flexibility index (Phi) is 9.25. The number of anilines is 1. The quantitative estimate of drug-likeness (QED) is 0.538. The number of hydrogen-bond donors (Lipinski definition) is 1. The fourth-order valence-corrected chi connectivity index (χ4v) is 3.01. The van der Waals surface area contributed by atoms with Crippen LogP contribution in [0.3, 0.4) is 0 Å². The van der Waals surface area contributed by atoms with Crippen LogP contribution in [0.15, 0.2) is 41.1 Å². The van der Waals surface area contributed by atoms with E-state index in [9.17, 15) is 9.59 Å². The minimum atomic E-state index is -0.282. The van der Waals surface area contributed by atoms with Crippen molar-refractivity contribution < 1.29 is 14.1 Å². The normalized spacial score (nSPS) is 10.6. The summed E-state index contributed by atoms with van der Waals surface area (Å²) in [5.74, 6) is -0.0520. The molecule has 0 spiro atoms. The van der Waals surface area contributed by atoms with Crippen LogP contribution >= 0.6 is 0 Å². The number of rotatable bonds is 12. The van der Waals surface area contributed by atoms with E-state index in [4.69, 9.17) is 4.52 Å². The molecule has 2 amide bonds. The van der Waals surface area contributed by atoms with Crippen molar-refractivity contribution in [3.05, 3.63) is 47.7 Å². The lowest BCUT2D eigenvalue weighted by Crippen LogP contribution is -2.38. The predicted octanol–water partition coefficient (Wildman–Crippen LogP) is 4.68. The second-order valence-electron chi connectivity index (χ2n) is 7.02. The predicted molar refractivity (Wildman–Crippen MR) is 110 cm³/mol. The van der Waals surface area contributed by atoms with Crippen molar-refractivity contribution in [2.45, 2.75) is 58.8 Å². The van der Waals surface area contributed by atoms with E-state index in [0.29, 0.717) is 17.9 Å². The van der Waals surface area contributed by atoms with Crippen LogP contribution in [0.25, 0.3) is 0 Å². The summed E-state index contributed by atoms with van der Waals surface area (Å²) in [5.41, 5.74) is 1.86. The first-order valence-corrected chi connectivity index (χ1v) is 10.2. The zero-order valence-corrected chi connectivity index (χ0v) is 16.9. The summed E-state index contributed by atoms with van der Waals surface area (Å²) in [6, 6.07) is 9.33. The first-order chi connectivity index (χ1) is 13.6. The summed E-state index contributed by atoms with van der Waals surface area (Å²) in [6.07, 6.45) is 8.94. The minimum Gasteiger partial charge on any atom is -0.363 e. The summed E-state index contributed by atoms with van der Waals surface area (Å²) in [4.78, 5) is 26.9. The Morgan fingerprint density at radius 3 is 2.36 bits per heavy atom. The van der Waals surface area contributed by atoms with E-state index < -0.39 is 0 Å². The average molecular weight is 386 g/mol. The number of carbonyl (C=O) groups excluding carboxylic acids is 2. The third kappa shape index (κ3) is 7.18. The van der Waals surface area contributed by atoms with Crippen LogP contribution in [0.1, 0.15) is 68.3 Å². The van der Waals surface area contributed by atoms with E-state index >= 15 is 0 Å². The van der Waals surface area contributed by atoms with Gasteiger partial charge < -0.3 is 14.7 Å². The fourth-order valence-electron chi connectivity index (χ4n) is 3.01. The molecule has 6 heteroatoms. The molecule has 0 fully saturated rings. The summed E-state index contributed by atoms with van der Waals surface area (Å²) in [7, 11) is 0. The Bertz CT molecular complexity index is 711. The van der Waals surface area contributed by atoms with E-state index in [1.54, 1.807) is 11.0 Å². The number of hydrogen-bond acceptors (Lipinski definition) is 4. The highest BCUT2D eigenvalue weighted by Crippen LogP contribution is 2.12. The van der Waals surface area contributed by atoms with E-state index in [1.165, 1.54) is 24.7 Å². The molecule has 1 aromatic heterocycles. The summed E-state index contributed by atoms with van der Waals surface area (Å²) >= 11 is 0. The lowest BCUT2D eigenvalue weighted by molar-refractivity contribution is -0.117. The molecule has 152 valence electrons. The van der Waals surface area contributed by atoms with Crippen molar-refractivity contribution in [2.75, 3.05) is 18.4 Å². The number of carbonyl (C=O) groups is 2. The third-order valence-electron chi connectivity index (χ3n) is 4.63. The molecular formula is C22H31N3O3. The van der Waals surface area contributed by atoms with Gasteiger partial charge >= 0.3 is 0 Å². The molecule has 0 saturated heterocycles. The van der Waals surface area contributed by atoms with Crippen molar-refractivity contribution in [1.29, 1.82) is 0 Å². The lowest BCUT2D eigenvalue weighted by Gasteiger charge is -2.22. The molecule has 0 aliphatic heterocycles. The van der Waals surface area contributed by atoms with Crippen molar-refractivity contribution in [1.82, 2.24) is 10.1 Å². The van der Waals surface area contributed by atoms with Gasteiger partial charge in [-0.3, -0.25) is 9.59 Å². The highest BCUT2D eigenvalue weighted by atomic mass is 16.5. The Morgan fingerprint density at radius 2 is 1.71 bits per heavy atom. The number of nitrogens with one attached hydrogen (secondary N) is 1. The molecule has 1 aromatic carbocycles. The maximum atomic E-state index is 13.0. The van der Waals surface area contributed by atoms with Crippen LogP contribution < -0.4 is 5.32 Å². The average Bonchev–Trinajstić information content (AvgIpc) is 3.20. The molecule has 1 heterocycles. The number of unbranched alkanes of at least 4 members (excludes halogenated alkanes) is 4. The first kappa shape index (κ1) is 21.7. The van der Waals surface area contributed by atoms with Crippen LogP contribution in [-0.4, -0.2) is 35.0 Å². The number of aromatic nitrogens is 1. The van der Waals surface area contributed by atoms with Crippen LogP contribution in [0.4, 0.5) is 5.82 Å². The topological polar surface area (TPSA) is 75.4 Å². The number of benzene rings is 1. The van der Waals surface area contributed by atoms with E-state index in [0.717, 1.165) is 32.1 Å². The molecule has 0 unspecified atom stereocenters. The van der Waals surface area contributed by atoms with Crippen LogP contribution in [0.5, 0.6) is 0 Å². The van der Waals surface area contributed by atoms with E-state index in [2.05, 4.69) is 24.3 Å². The van der Waals surface area contributed by atoms with Gasteiger partial charge in [0.25, 0.3) is 5.91 Å². The van der Waals surface area contributed by atoms with Gasteiger partial charge in [0.15, 0.2) is 5.82 Å². The molecule has 2 rings (SSSR count). The molecule has 0 bridgehead atoms. The molecule has 0 aliphatic rings. The fraction of sp³-hybridized carbons (Fsp3) is 0.500. The standard InChI is InChI=1S/C22H31N3O3/c1-3-5-7-9-18-10-12-19(13-11-18)22(27)25(15-8-6-4-2)17-21(26)23-20-14-16-28-24-20/h10-14,16H,3-9,15,17H2,1-2H3,(H,23,24,26).